The Balaban J connectivity index is 2.34. The van der Waals surface area contributed by atoms with Crippen molar-refractivity contribution in [3.8, 4) is 5.75 Å². The zero-order chi connectivity index (χ0) is 15.9. The number of nitrogens with one attached hydrogen (secondary N) is 1. The van der Waals surface area contributed by atoms with Crippen LogP contribution in [0.3, 0.4) is 0 Å². The molecule has 0 bridgehead atoms. The van der Waals surface area contributed by atoms with Gasteiger partial charge in [-0.1, -0.05) is 6.92 Å². The van der Waals surface area contributed by atoms with Crippen LogP contribution in [0.15, 0.2) is 24.3 Å². The molecule has 0 aliphatic heterocycles. The van der Waals surface area contributed by atoms with Crippen LogP contribution in [0.25, 0.3) is 0 Å². The topological polar surface area (TPSA) is 116 Å². The number of hydrogen-bond donors (Lipinski definition) is 2. The quantitative estimate of drug-likeness (QED) is 0.613. The number of hydrogen-bond acceptors (Lipinski definition) is 6. The summed E-state index contributed by atoms with van der Waals surface area (Å²) in [5, 5.41) is 0. The molecule has 1 aromatic rings. The summed E-state index contributed by atoms with van der Waals surface area (Å²) in [5.74, 6) is 0.0630. The molecule has 120 valence electrons. The second kappa shape index (κ2) is 7.62. The summed E-state index contributed by atoms with van der Waals surface area (Å²) >= 11 is 0. The van der Waals surface area contributed by atoms with Crippen molar-refractivity contribution >= 4 is 25.5 Å². The number of nitrogens with two attached hydrogens (primary N) is 1. The van der Waals surface area contributed by atoms with Crippen molar-refractivity contribution < 1.29 is 21.6 Å². The van der Waals surface area contributed by atoms with Crippen molar-refractivity contribution in [1.82, 2.24) is 4.72 Å². The molecule has 0 unspecified atom stereocenters. The van der Waals surface area contributed by atoms with E-state index < -0.39 is 19.9 Å². The van der Waals surface area contributed by atoms with Crippen LogP contribution < -0.4 is 15.2 Å². The molecule has 0 spiro atoms. The van der Waals surface area contributed by atoms with Gasteiger partial charge >= 0.3 is 0 Å². The molecule has 0 saturated heterocycles. The van der Waals surface area contributed by atoms with Crippen LogP contribution in [0.1, 0.15) is 6.92 Å². The van der Waals surface area contributed by atoms with Crippen molar-refractivity contribution in [3.63, 3.8) is 0 Å². The summed E-state index contributed by atoms with van der Waals surface area (Å²) in [6, 6.07) is 6.59. The molecule has 7 nitrogen and oxygen atoms in total. The van der Waals surface area contributed by atoms with E-state index in [4.69, 9.17) is 10.5 Å². The largest absolute Gasteiger partial charge is 0.492 e. The summed E-state index contributed by atoms with van der Waals surface area (Å²) in [6.45, 7) is 1.37. The number of benzene rings is 1. The molecular weight excluding hydrogens is 316 g/mol. The molecule has 21 heavy (non-hydrogen) atoms. The van der Waals surface area contributed by atoms with E-state index in [-0.39, 0.29) is 30.4 Å². The molecule has 0 fully saturated rings. The van der Waals surface area contributed by atoms with Gasteiger partial charge in [-0.15, -0.1) is 0 Å². The molecule has 1 rings (SSSR count). The molecule has 0 saturated carbocycles. The van der Waals surface area contributed by atoms with E-state index >= 15 is 0 Å². The third-order valence-electron chi connectivity index (χ3n) is 2.68. The van der Waals surface area contributed by atoms with E-state index in [1.807, 2.05) is 0 Å². The standard InChI is InChI=1S/C12H20N2O5S2/c1-2-20(15,16)9-7-14-21(17,18)10-8-19-12-5-3-11(13)4-6-12/h3-6,14H,2,7-10,13H2,1H3. The van der Waals surface area contributed by atoms with E-state index in [9.17, 15) is 16.8 Å². The monoisotopic (exact) mass is 336 g/mol. The van der Waals surface area contributed by atoms with Gasteiger partial charge in [0, 0.05) is 18.0 Å². The number of sulfone groups is 1. The molecular formula is C12H20N2O5S2. The number of anilines is 1. The average molecular weight is 336 g/mol. The third kappa shape index (κ3) is 7.30. The molecule has 0 atom stereocenters. The average Bonchev–Trinajstić information content (AvgIpc) is 2.40. The van der Waals surface area contributed by atoms with Crippen LogP contribution in [-0.2, 0) is 19.9 Å². The van der Waals surface area contributed by atoms with Crippen LogP contribution in [0.2, 0.25) is 0 Å². The van der Waals surface area contributed by atoms with Gasteiger partial charge < -0.3 is 10.5 Å². The molecule has 0 radical (unpaired) electrons. The van der Waals surface area contributed by atoms with Gasteiger partial charge in [0.05, 0.1) is 11.5 Å². The van der Waals surface area contributed by atoms with Crippen molar-refractivity contribution in [2.45, 2.75) is 6.92 Å². The molecule has 0 amide bonds. The van der Waals surface area contributed by atoms with Crippen LogP contribution in [0.4, 0.5) is 5.69 Å². The molecule has 9 heteroatoms. The molecule has 0 aromatic heterocycles. The molecule has 0 aliphatic rings. The van der Waals surface area contributed by atoms with Gasteiger partial charge in [-0.05, 0) is 24.3 Å². The first kappa shape index (κ1) is 17.7. The minimum absolute atomic E-state index is 0.00498. The van der Waals surface area contributed by atoms with Gasteiger partial charge in [0.1, 0.15) is 12.4 Å². The first-order valence-corrected chi connectivity index (χ1v) is 9.87. The second-order valence-electron chi connectivity index (χ2n) is 4.37. The summed E-state index contributed by atoms with van der Waals surface area (Å²) in [6.07, 6.45) is 0. The number of nitrogen functional groups attached to an aromatic ring is 1. The molecule has 3 N–H and O–H groups in total. The van der Waals surface area contributed by atoms with Gasteiger partial charge in [-0.2, -0.15) is 0 Å². The van der Waals surface area contributed by atoms with Crippen LogP contribution in [0, 0.1) is 0 Å². The normalized spacial score (nSPS) is 12.2. The molecule has 0 aliphatic carbocycles. The Bertz CT molecular complexity index is 639. The van der Waals surface area contributed by atoms with Gasteiger partial charge in [0.25, 0.3) is 0 Å². The van der Waals surface area contributed by atoms with Crippen molar-refractivity contribution in [2.75, 3.05) is 36.1 Å². The summed E-state index contributed by atoms with van der Waals surface area (Å²) in [7, 11) is -6.73. The van der Waals surface area contributed by atoms with Crippen LogP contribution in [0.5, 0.6) is 5.75 Å². The Kier molecular flexibility index (Phi) is 6.43. The van der Waals surface area contributed by atoms with E-state index in [0.29, 0.717) is 11.4 Å². The Morgan fingerprint density at radius 1 is 1.10 bits per heavy atom. The zero-order valence-electron chi connectivity index (χ0n) is 11.8. The lowest BCUT2D eigenvalue weighted by Crippen LogP contribution is -2.33. The van der Waals surface area contributed by atoms with Gasteiger partial charge in [-0.3, -0.25) is 0 Å². The zero-order valence-corrected chi connectivity index (χ0v) is 13.4. The number of sulfonamides is 1. The SMILES string of the molecule is CCS(=O)(=O)CCNS(=O)(=O)CCOc1ccc(N)cc1. The Morgan fingerprint density at radius 2 is 1.71 bits per heavy atom. The van der Waals surface area contributed by atoms with Crippen molar-refractivity contribution in [3.05, 3.63) is 24.3 Å². The predicted molar refractivity (Wildman–Crippen MR) is 82.5 cm³/mol. The highest BCUT2D eigenvalue weighted by Gasteiger charge is 2.13. The van der Waals surface area contributed by atoms with E-state index in [1.54, 1.807) is 24.3 Å². The summed E-state index contributed by atoms with van der Waals surface area (Å²) in [4.78, 5) is 0. The fourth-order valence-corrected chi connectivity index (χ4v) is 3.09. The minimum Gasteiger partial charge on any atom is -0.492 e. The van der Waals surface area contributed by atoms with Crippen molar-refractivity contribution in [1.29, 1.82) is 0 Å². The van der Waals surface area contributed by atoms with Crippen LogP contribution in [-0.4, -0.2) is 47.2 Å². The first-order valence-electron chi connectivity index (χ1n) is 6.40. The fraction of sp³-hybridized carbons (Fsp3) is 0.500. The number of rotatable bonds is 9. The lowest BCUT2D eigenvalue weighted by Gasteiger charge is -2.08. The highest BCUT2D eigenvalue weighted by molar-refractivity contribution is 7.91. The highest BCUT2D eigenvalue weighted by atomic mass is 32.2. The van der Waals surface area contributed by atoms with Gasteiger partial charge in [0.2, 0.25) is 10.0 Å². The Morgan fingerprint density at radius 3 is 2.29 bits per heavy atom. The molecule has 0 heterocycles. The van der Waals surface area contributed by atoms with Crippen LogP contribution >= 0.6 is 0 Å². The maximum Gasteiger partial charge on any atom is 0.214 e. The lowest BCUT2D eigenvalue weighted by atomic mass is 10.3. The van der Waals surface area contributed by atoms with Crippen molar-refractivity contribution in [2.24, 2.45) is 0 Å². The highest BCUT2D eigenvalue weighted by Crippen LogP contribution is 2.12. The van der Waals surface area contributed by atoms with Gasteiger partial charge in [0.15, 0.2) is 9.84 Å². The maximum atomic E-state index is 11.6. The van der Waals surface area contributed by atoms with E-state index in [0.717, 1.165) is 0 Å². The Labute approximate surface area is 125 Å². The fourth-order valence-electron chi connectivity index (χ4n) is 1.40. The maximum absolute atomic E-state index is 11.6. The van der Waals surface area contributed by atoms with E-state index in [1.165, 1.54) is 6.92 Å². The third-order valence-corrected chi connectivity index (χ3v) is 5.73. The first-order chi connectivity index (χ1) is 9.74. The summed E-state index contributed by atoms with van der Waals surface area (Å²) in [5.41, 5.74) is 6.11. The molecule has 1 aromatic carbocycles. The number of ether oxygens (including phenoxy) is 1. The minimum atomic E-state index is -3.55. The lowest BCUT2D eigenvalue weighted by molar-refractivity contribution is 0.340. The second-order valence-corrected chi connectivity index (χ2v) is 8.77. The summed E-state index contributed by atoms with van der Waals surface area (Å²) < 4.78 is 53.3. The smallest absolute Gasteiger partial charge is 0.214 e. The van der Waals surface area contributed by atoms with E-state index in [2.05, 4.69) is 4.72 Å². The van der Waals surface area contributed by atoms with Gasteiger partial charge in [-0.25, -0.2) is 21.6 Å². The predicted octanol–water partition coefficient (Wildman–Crippen LogP) is 0.00170. The Hall–Kier alpha value is -1.32.